The van der Waals surface area contributed by atoms with E-state index in [0.29, 0.717) is 22.0 Å². The van der Waals surface area contributed by atoms with Gasteiger partial charge in [0.2, 0.25) is 0 Å². The summed E-state index contributed by atoms with van der Waals surface area (Å²) in [5.41, 5.74) is 1.36. The molecule has 1 saturated heterocycles. The van der Waals surface area contributed by atoms with Crippen molar-refractivity contribution in [3.8, 4) is 11.5 Å². The second-order valence-electron chi connectivity index (χ2n) is 5.48. The predicted octanol–water partition coefficient (Wildman–Crippen LogP) is 4.14. The molecular weight excluding hydrogens is 360 g/mol. The maximum absolute atomic E-state index is 9.79. The van der Waals surface area contributed by atoms with Crippen LogP contribution in [0, 0.1) is 0 Å². The highest BCUT2D eigenvalue weighted by atomic mass is 32.2. The lowest BCUT2D eigenvalue weighted by atomic mass is 10.1. The van der Waals surface area contributed by atoms with Crippen LogP contribution in [0.15, 0.2) is 47.4 Å². The molecule has 132 valence electrons. The molecule has 1 aliphatic rings. The van der Waals surface area contributed by atoms with Gasteiger partial charge in [-0.15, -0.1) is 9.32 Å². The lowest BCUT2D eigenvalue weighted by Crippen LogP contribution is -2.19. The van der Waals surface area contributed by atoms with Crippen molar-refractivity contribution < 1.29 is 19.2 Å². The Kier molecular flexibility index (Phi) is 6.11. The molecule has 0 atom stereocenters. The predicted molar refractivity (Wildman–Crippen MR) is 101 cm³/mol. The lowest BCUT2D eigenvalue weighted by molar-refractivity contribution is -0.195. The number of hydrogen-bond acceptors (Lipinski definition) is 7. The Labute approximate surface area is 155 Å². The first kappa shape index (κ1) is 18.0. The second kappa shape index (κ2) is 8.50. The number of hydrogen-bond donors (Lipinski definition) is 2. The molecule has 8 heteroatoms. The van der Waals surface area contributed by atoms with Gasteiger partial charge in [-0.05, 0) is 49.3 Å². The molecule has 1 aliphatic heterocycles. The smallest absolute Gasteiger partial charge is 0.188 e. The number of aliphatic hydroxyl groups is 1. The molecule has 3 rings (SSSR count). The molecule has 6 nitrogen and oxygen atoms in total. The van der Waals surface area contributed by atoms with Gasteiger partial charge in [0, 0.05) is 18.7 Å². The van der Waals surface area contributed by atoms with E-state index in [1.165, 1.54) is 0 Å². The minimum Gasteiger partial charge on any atom is -0.499 e. The van der Waals surface area contributed by atoms with Crippen molar-refractivity contribution in [3.63, 3.8) is 0 Å². The molecular formula is C17H18N2O4S2. The topological polar surface area (TPSA) is 77.2 Å². The molecule has 2 aromatic rings. The highest BCUT2D eigenvalue weighted by molar-refractivity contribution is 7.94. The van der Waals surface area contributed by atoms with Crippen LogP contribution in [0.3, 0.4) is 0 Å². The van der Waals surface area contributed by atoms with E-state index in [1.807, 2.05) is 36.4 Å². The zero-order chi connectivity index (χ0) is 17.6. The van der Waals surface area contributed by atoms with Crippen LogP contribution < -0.4 is 15.5 Å². The van der Waals surface area contributed by atoms with E-state index in [0.717, 1.165) is 43.7 Å². The maximum Gasteiger partial charge on any atom is 0.188 e. The zero-order valence-corrected chi connectivity index (χ0v) is 15.0. The van der Waals surface area contributed by atoms with Crippen LogP contribution in [-0.4, -0.2) is 23.2 Å². The van der Waals surface area contributed by atoms with Gasteiger partial charge in [-0.1, -0.05) is 18.2 Å². The first-order chi connectivity index (χ1) is 12.2. The number of nitrogens with two attached hydrogens (primary N) is 1. The van der Waals surface area contributed by atoms with E-state index in [4.69, 9.17) is 27.2 Å². The number of aliphatic hydroxyl groups excluding tert-OH is 1. The average Bonchev–Trinajstić information content (AvgIpc) is 3.15. The zero-order valence-electron chi connectivity index (χ0n) is 13.4. The number of nitrogens with zero attached hydrogens (tertiary/aromatic N) is 1. The van der Waals surface area contributed by atoms with Gasteiger partial charge in [-0.2, -0.15) is 5.90 Å². The number of thiocarbonyl (C=S) groups is 1. The summed E-state index contributed by atoms with van der Waals surface area (Å²) in [7, 11) is 0. The molecule has 0 aromatic heterocycles. The Morgan fingerprint density at radius 1 is 1.16 bits per heavy atom. The van der Waals surface area contributed by atoms with Crippen molar-refractivity contribution in [2.24, 2.45) is 5.90 Å². The molecule has 0 radical (unpaired) electrons. The van der Waals surface area contributed by atoms with Crippen LogP contribution >= 0.6 is 24.3 Å². The van der Waals surface area contributed by atoms with Gasteiger partial charge in [0.15, 0.2) is 10.8 Å². The monoisotopic (exact) mass is 378 g/mol. The average molecular weight is 378 g/mol. The van der Waals surface area contributed by atoms with Crippen LogP contribution in [0.25, 0.3) is 0 Å². The van der Waals surface area contributed by atoms with Crippen LogP contribution in [0.1, 0.15) is 18.4 Å². The minimum absolute atomic E-state index is 0.192. The Morgan fingerprint density at radius 3 is 2.52 bits per heavy atom. The SMILES string of the molecule is NOOSc1cc(C(O)=S)cc(N2CCCC2)c1Oc1ccccc1. The van der Waals surface area contributed by atoms with E-state index >= 15 is 0 Å². The van der Waals surface area contributed by atoms with E-state index in [1.54, 1.807) is 6.07 Å². The third kappa shape index (κ3) is 4.42. The number of rotatable bonds is 7. The van der Waals surface area contributed by atoms with Gasteiger partial charge in [-0.25, -0.2) is 0 Å². The number of ether oxygens (including phenoxy) is 1. The molecule has 0 amide bonds. The van der Waals surface area contributed by atoms with Crippen molar-refractivity contribution in [2.75, 3.05) is 18.0 Å². The fourth-order valence-electron chi connectivity index (χ4n) is 2.73. The fraction of sp³-hybridized carbons (Fsp3) is 0.235. The van der Waals surface area contributed by atoms with Crippen LogP contribution in [0.2, 0.25) is 0 Å². The molecule has 25 heavy (non-hydrogen) atoms. The Morgan fingerprint density at radius 2 is 1.88 bits per heavy atom. The highest BCUT2D eigenvalue weighted by Crippen LogP contribution is 2.43. The molecule has 0 bridgehead atoms. The first-order valence-electron chi connectivity index (χ1n) is 7.78. The van der Waals surface area contributed by atoms with Crippen LogP contribution in [-0.2, 0) is 9.32 Å². The number of anilines is 1. The van der Waals surface area contributed by atoms with Crippen LogP contribution in [0.5, 0.6) is 11.5 Å². The first-order valence-corrected chi connectivity index (χ1v) is 8.93. The summed E-state index contributed by atoms with van der Waals surface area (Å²) in [5.74, 6) is 6.27. The lowest BCUT2D eigenvalue weighted by Gasteiger charge is -2.23. The standard InChI is InChI=1S/C17H18N2O4S2/c18-22-23-25-15-11-12(17(20)24)10-14(19-8-4-5-9-19)16(15)21-13-6-2-1-3-7-13/h1-3,6-7,10-11H,4-5,8-9,18H2,(H,20,24). The summed E-state index contributed by atoms with van der Waals surface area (Å²) in [4.78, 5) is 7.02. The molecule has 0 spiro atoms. The van der Waals surface area contributed by atoms with Crippen molar-refractivity contribution in [1.29, 1.82) is 0 Å². The van der Waals surface area contributed by atoms with Gasteiger partial charge in [0.25, 0.3) is 0 Å². The van der Waals surface area contributed by atoms with E-state index < -0.39 is 0 Å². The van der Waals surface area contributed by atoms with Gasteiger partial charge < -0.3 is 14.7 Å². The summed E-state index contributed by atoms with van der Waals surface area (Å²) in [6.07, 6.45) is 2.20. The minimum atomic E-state index is -0.192. The van der Waals surface area contributed by atoms with Gasteiger partial charge in [-0.3, -0.25) is 0 Å². The van der Waals surface area contributed by atoms with E-state index in [9.17, 15) is 5.11 Å². The maximum atomic E-state index is 9.79. The Hall–Kier alpha value is -1.84. The number of benzene rings is 2. The molecule has 1 fully saturated rings. The summed E-state index contributed by atoms with van der Waals surface area (Å²) >= 11 is 5.83. The Bertz CT molecular complexity index is 737. The molecule has 3 N–H and O–H groups in total. The summed E-state index contributed by atoms with van der Waals surface area (Å²) in [6.45, 7) is 1.82. The molecule has 2 aromatic carbocycles. The molecule has 1 heterocycles. The highest BCUT2D eigenvalue weighted by Gasteiger charge is 2.23. The molecule has 0 aliphatic carbocycles. The third-order valence-electron chi connectivity index (χ3n) is 3.86. The molecule has 0 saturated carbocycles. The summed E-state index contributed by atoms with van der Waals surface area (Å²) in [5, 5.41) is 9.60. The molecule has 0 unspecified atom stereocenters. The van der Waals surface area contributed by atoms with E-state index in [2.05, 4.69) is 9.89 Å². The fourth-order valence-corrected chi connectivity index (χ4v) is 3.36. The van der Waals surface area contributed by atoms with Crippen molar-refractivity contribution in [3.05, 3.63) is 48.0 Å². The van der Waals surface area contributed by atoms with Crippen molar-refractivity contribution >= 4 is 35.0 Å². The van der Waals surface area contributed by atoms with Crippen molar-refractivity contribution in [1.82, 2.24) is 0 Å². The largest absolute Gasteiger partial charge is 0.499 e. The summed E-state index contributed by atoms with van der Waals surface area (Å²) < 4.78 is 10.9. The third-order valence-corrected chi connectivity index (χ3v) is 4.72. The van der Waals surface area contributed by atoms with Gasteiger partial charge in [0.05, 0.1) is 22.6 Å². The summed E-state index contributed by atoms with van der Waals surface area (Å²) in [6, 6.07) is 13.0. The van der Waals surface area contributed by atoms with Gasteiger partial charge >= 0.3 is 0 Å². The number of para-hydroxylation sites is 1. The van der Waals surface area contributed by atoms with Crippen molar-refractivity contribution in [2.45, 2.75) is 17.7 Å². The van der Waals surface area contributed by atoms with E-state index in [-0.39, 0.29) is 5.05 Å². The van der Waals surface area contributed by atoms with Crippen LogP contribution in [0.4, 0.5) is 5.69 Å². The van der Waals surface area contributed by atoms with Gasteiger partial charge in [0.1, 0.15) is 5.75 Å². The quantitative estimate of drug-likeness (QED) is 0.322. The normalized spacial score (nSPS) is 13.9. The second-order valence-corrected chi connectivity index (χ2v) is 6.61. The Balaban J connectivity index is 2.07.